The summed E-state index contributed by atoms with van der Waals surface area (Å²) in [7, 11) is 1.57. The highest BCUT2D eigenvalue weighted by molar-refractivity contribution is 5.87. The minimum atomic E-state index is -0.950. The van der Waals surface area contributed by atoms with Gasteiger partial charge in [-0.15, -0.1) is 5.10 Å². The zero-order valence-corrected chi connectivity index (χ0v) is 9.62. The van der Waals surface area contributed by atoms with Gasteiger partial charge in [0.25, 0.3) is 5.95 Å². The van der Waals surface area contributed by atoms with E-state index in [1.807, 2.05) is 0 Å². The van der Waals surface area contributed by atoms with Crippen molar-refractivity contribution >= 4 is 17.9 Å². The number of aliphatic carboxylic acids is 1. The van der Waals surface area contributed by atoms with E-state index in [0.717, 1.165) is 0 Å². The van der Waals surface area contributed by atoms with Crippen LogP contribution in [0.4, 0.5) is 10.7 Å². The quantitative estimate of drug-likeness (QED) is 0.722. The topological polar surface area (TPSA) is 113 Å². The fraction of sp³-hybridized carbons (Fsp3) is 0.625. The Morgan fingerprint density at radius 3 is 2.71 bits per heavy atom. The predicted octanol–water partition coefficient (Wildman–Crippen LogP) is -0.461. The second-order valence-corrected chi connectivity index (χ2v) is 3.26. The predicted molar refractivity (Wildman–Crippen MR) is 57.3 cm³/mol. The molecular weight excluding hydrogens is 228 g/mol. The van der Waals surface area contributed by atoms with Crippen LogP contribution in [0.25, 0.3) is 0 Å². The number of anilines is 1. The number of urea groups is 1. The van der Waals surface area contributed by atoms with Crippen molar-refractivity contribution in [2.45, 2.75) is 13.3 Å². The Morgan fingerprint density at radius 2 is 2.24 bits per heavy atom. The van der Waals surface area contributed by atoms with Crippen LogP contribution in [0.15, 0.2) is 0 Å². The van der Waals surface area contributed by atoms with E-state index in [9.17, 15) is 9.59 Å². The summed E-state index contributed by atoms with van der Waals surface area (Å²) in [6.07, 6.45) is -0.102. The molecule has 17 heavy (non-hydrogen) atoms. The van der Waals surface area contributed by atoms with Crippen LogP contribution in [0, 0.1) is 0 Å². The molecular formula is C8H14N6O3. The lowest BCUT2D eigenvalue weighted by Gasteiger charge is -2.19. The molecule has 9 heteroatoms. The number of nitrogens with one attached hydrogen (secondary N) is 1. The fourth-order valence-electron chi connectivity index (χ4n) is 1.14. The molecule has 1 aromatic heterocycles. The number of amides is 2. The Labute approximate surface area is 97.4 Å². The Hall–Kier alpha value is -2.19. The number of carboxylic acid groups (broad SMARTS) is 1. The first-order chi connectivity index (χ1) is 8.02. The van der Waals surface area contributed by atoms with Gasteiger partial charge in [0.05, 0.1) is 13.5 Å². The summed E-state index contributed by atoms with van der Waals surface area (Å²) in [6.45, 7) is 2.29. The molecule has 0 aliphatic carbocycles. The number of carbonyl (C=O) groups is 2. The van der Waals surface area contributed by atoms with E-state index in [4.69, 9.17) is 5.11 Å². The third-order valence-corrected chi connectivity index (χ3v) is 1.99. The highest BCUT2D eigenvalue weighted by Gasteiger charge is 2.14. The maximum absolute atomic E-state index is 11.7. The van der Waals surface area contributed by atoms with Gasteiger partial charge in [0.15, 0.2) is 0 Å². The third kappa shape index (κ3) is 4.05. The van der Waals surface area contributed by atoms with Gasteiger partial charge in [-0.1, -0.05) is 5.10 Å². The first-order valence-electron chi connectivity index (χ1n) is 5.04. The number of hydrogen-bond acceptors (Lipinski definition) is 5. The molecule has 0 aromatic carbocycles. The number of carboxylic acids is 1. The summed E-state index contributed by atoms with van der Waals surface area (Å²) in [4.78, 5) is 24.6. The van der Waals surface area contributed by atoms with Gasteiger partial charge in [-0.05, 0) is 12.1 Å². The third-order valence-electron chi connectivity index (χ3n) is 1.99. The molecule has 0 aliphatic heterocycles. The van der Waals surface area contributed by atoms with Gasteiger partial charge in [0.2, 0.25) is 0 Å². The van der Waals surface area contributed by atoms with Gasteiger partial charge in [0, 0.05) is 13.1 Å². The Kier molecular flexibility index (Phi) is 4.37. The molecule has 0 saturated heterocycles. The van der Waals surface area contributed by atoms with Crippen molar-refractivity contribution in [1.82, 2.24) is 25.1 Å². The Bertz CT molecular complexity index is 404. The van der Waals surface area contributed by atoms with Crippen molar-refractivity contribution in [2.24, 2.45) is 7.05 Å². The first-order valence-corrected chi connectivity index (χ1v) is 5.04. The van der Waals surface area contributed by atoms with Crippen molar-refractivity contribution in [3.63, 3.8) is 0 Å². The van der Waals surface area contributed by atoms with Crippen molar-refractivity contribution in [3.05, 3.63) is 0 Å². The van der Waals surface area contributed by atoms with Crippen LogP contribution in [-0.2, 0) is 11.8 Å². The molecule has 0 radical (unpaired) electrons. The minimum absolute atomic E-state index is 0.0891. The minimum Gasteiger partial charge on any atom is -0.481 e. The SMILES string of the molecule is CCN(CCC(=O)O)C(=O)Nc1nnn(C)n1. The van der Waals surface area contributed by atoms with Crippen molar-refractivity contribution in [1.29, 1.82) is 0 Å². The highest BCUT2D eigenvalue weighted by atomic mass is 16.4. The van der Waals surface area contributed by atoms with E-state index >= 15 is 0 Å². The maximum atomic E-state index is 11.7. The van der Waals surface area contributed by atoms with E-state index in [-0.39, 0.29) is 18.9 Å². The number of aryl methyl sites for hydroxylation is 1. The fourth-order valence-corrected chi connectivity index (χ4v) is 1.14. The smallest absolute Gasteiger partial charge is 0.324 e. The van der Waals surface area contributed by atoms with Crippen LogP contribution in [-0.4, -0.2) is 55.3 Å². The molecule has 0 fully saturated rings. The number of aromatic nitrogens is 4. The molecule has 0 atom stereocenters. The van der Waals surface area contributed by atoms with E-state index < -0.39 is 12.0 Å². The summed E-state index contributed by atoms with van der Waals surface area (Å²) in [6, 6.07) is -0.443. The number of nitrogens with zero attached hydrogens (tertiary/aromatic N) is 5. The first kappa shape index (κ1) is 12.9. The summed E-state index contributed by atoms with van der Waals surface area (Å²) >= 11 is 0. The number of tetrazole rings is 1. The molecule has 94 valence electrons. The van der Waals surface area contributed by atoms with E-state index in [1.54, 1.807) is 14.0 Å². The summed E-state index contributed by atoms with van der Waals surface area (Å²) in [5, 5.41) is 21.9. The van der Waals surface area contributed by atoms with Crippen molar-refractivity contribution in [2.75, 3.05) is 18.4 Å². The zero-order chi connectivity index (χ0) is 12.8. The van der Waals surface area contributed by atoms with E-state index in [2.05, 4.69) is 20.7 Å². The monoisotopic (exact) mass is 242 g/mol. The van der Waals surface area contributed by atoms with Gasteiger partial charge < -0.3 is 10.0 Å². The summed E-state index contributed by atoms with van der Waals surface area (Å²) in [5.41, 5.74) is 0. The van der Waals surface area contributed by atoms with E-state index in [0.29, 0.717) is 6.54 Å². The van der Waals surface area contributed by atoms with Crippen LogP contribution >= 0.6 is 0 Å². The average molecular weight is 242 g/mol. The lowest BCUT2D eigenvalue weighted by molar-refractivity contribution is -0.137. The average Bonchev–Trinajstić information content (AvgIpc) is 2.64. The lowest BCUT2D eigenvalue weighted by Crippen LogP contribution is -2.36. The van der Waals surface area contributed by atoms with Gasteiger partial charge in [0.1, 0.15) is 0 Å². The van der Waals surface area contributed by atoms with Crippen LogP contribution in [0.5, 0.6) is 0 Å². The van der Waals surface area contributed by atoms with Crippen molar-refractivity contribution in [3.8, 4) is 0 Å². The Morgan fingerprint density at radius 1 is 1.53 bits per heavy atom. The second-order valence-electron chi connectivity index (χ2n) is 3.26. The largest absolute Gasteiger partial charge is 0.481 e. The molecule has 1 aromatic rings. The molecule has 1 rings (SSSR count). The number of carbonyl (C=O) groups excluding carboxylic acids is 1. The second kappa shape index (κ2) is 5.77. The summed E-state index contributed by atoms with van der Waals surface area (Å²) in [5.74, 6) is -0.861. The normalized spacial score (nSPS) is 10.0. The molecule has 0 spiro atoms. The highest BCUT2D eigenvalue weighted by Crippen LogP contribution is 1.99. The molecule has 0 saturated carbocycles. The zero-order valence-electron chi connectivity index (χ0n) is 9.62. The van der Waals surface area contributed by atoms with Crippen LogP contribution in [0.1, 0.15) is 13.3 Å². The Balaban J connectivity index is 2.51. The van der Waals surface area contributed by atoms with Crippen LogP contribution in [0.2, 0.25) is 0 Å². The number of rotatable bonds is 5. The standard InChI is InChI=1S/C8H14N6O3/c1-3-14(5-4-6(15)16)8(17)9-7-10-12-13(2)11-7/h3-5H2,1-2H3,(H,15,16)(H,9,11,17). The molecule has 0 unspecified atom stereocenters. The van der Waals surface area contributed by atoms with Gasteiger partial charge >= 0.3 is 12.0 Å². The van der Waals surface area contributed by atoms with Crippen molar-refractivity contribution < 1.29 is 14.7 Å². The van der Waals surface area contributed by atoms with E-state index in [1.165, 1.54) is 9.70 Å². The van der Waals surface area contributed by atoms with Gasteiger partial charge in [-0.25, -0.2) is 4.79 Å². The molecule has 0 aliphatic rings. The molecule has 9 nitrogen and oxygen atoms in total. The lowest BCUT2D eigenvalue weighted by atomic mass is 10.4. The van der Waals surface area contributed by atoms with Gasteiger partial charge in [-0.2, -0.15) is 4.80 Å². The molecule has 2 N–H and O–H groups in total. The number of hydrogen-bond donors (Lipinski definition) is 2. The molecule has 2 amide bonds. The summed E-state index contributed by atoms with van der Waals surface area (Å²) < 4.78 is 0. The molecule has 1 heterocycles. The molecule has 0 bridgehead atoms. The maximum Gasteiger partial charge on any atom is 0.324 e. The van der Waals surface area contributed by atoms with Crippen LogP contribution in [0.3, 0.4) is 0 Å². The van der Waals surface area contributed by atoms with Gasteiger partial charge in [-0.3, -0.25) is 10.1 Å². The van der Waals surface area contributed by atoms with Crippen LogP contribution < -0.4 is 5.32 Å².